The number of hydrazone groups is 1. The van der Waals surface area contributed by atoms with E-state index in [4.69, 9.17) is 17.0 Å². The summed E-state index contributed by atoms with van der Waals surface area (Å²) in [6, 6.07) is 26.1. The number of aromatic nitrogens is 3. The van der Waals surface area contributed by atoms with E-state index in [9.17, 15) is 0 Å². The Hall–Kier alpha value is -3.71. The molecule has 0 fully saturated rings. The largest absolute Gasteiger partial charge is 0.494 e. The fourth-order valence-electron chi connectivity index (χ4n) is 3.00. The Bertz CT molecular complexity index is 1180. The van der Waals surface area contributed by atoms with Gasteiger partial charge in [-0.3, -0.25) is 0 Å². The van der Waals surface area contributed by atoms with E-state index in [2.05, 4.69) is 45.1 Å². The third-order valence-electron chi connectivity index (χ3n) is 4.49. The maximum Gasteiger partial charge on any atom is 0.216 e. The van der Waals surface area contributed by atoms with Crippen LogP contribution in [0.2, 0.25) is 0 Å². The van der Waals surface area contributed by atoms with Gasteiger partial charge in [-0.2, -0.15) is 14.9 Å². The number of aromatic amines is 1. The molecule has 0 saturated carbocycles. The zero-order valence-electron chi connectivity index (χ0n) is 16.4. The first-order valence-electron chi connectivity index (χ1n) is 9.60. The normalized spacial score (nSPS) is 11.0. The zero-order valence-corrected chi connectivity index (χ0v) is 17.3. The van der Waals surface area contributed by atoms with Gasteiger partial charge >= 0.3 is 0 Å². The zero-order chi connectivity index (χ0) is 20.8. The van der Waals surface area contributed by atoms with Gasteiger partial charge in [-0.1, -0.05) is 54.6 Å². The Morgan fingerprint density at radius 1 is 0.967 bits per heavy atom. The van der Waals surface area contributed by atoms with E-state index in [1.807, 2.05) is 61.5 Å². The van der Waals surface area contributed by atoms with Crippen LogP contribution in [-0.2, 0) is 0 Å². The van der Waals surface area contributed by atoms with Gasteiger partial charge in [0.25, 0.3) is 0 Å². The Kier molecular flexibility index (Phi) is 6.01. The van der Waals surface area contributed by atoms with Crippen molar-refractivity contribution in [2.24, 2.45) is 5.10 Å². The predicted octanol–water partition coefficient (Wildman–Crippen LogP) is 5.25. The number of nitrogens with zero attached hydrogens (tertiary/aromatic N) is 3. The van der Waals surface area contributed by atoms with Gasteiger partial charge in [-0.05, 0) is 60.1 Å². The lowest BCUT2D eigenvalue weighted by molar-refractivity contribution is 0.340. The second-order valence-corrected chi connectivity index (χ2v) is 6.88. The van der Waals surface area contributed by atoms with Crippen molar-refractivity contribution in [1.82, 2.24) is 14.9 Å². The van der Waals surface area contributed by atoms with Crippen LogP contribution in [-0.4, -0.2) is 27.7 Å². The molecule has 0 bridgehead atoms. The molecular weight excluding hydrogens is 394 g/mol. The maximum atomic E-state index is 5.49. The second-order valence-electron chi connectivity index (χ2n) is 6.49. The lowest BCUT2D eigenvalue weighted by Gasteiger charge is -2.07. The van der Waals surface area contributed by atoms with Crippen LogP contribution in [0.3, 0.4) is 0 Å². The maximum absolute atomic E-state index is 5.49. The van der Waals surface area contributed by atoms with Crippen LogP contribution < -0.4 is 10.3 Å². The molecule has 150 valence electrons. The highest BCUT2D eigenvalue weighted by Crippen LogP contribution is 2.21. The SMILES string of the molecule is CCOc1ccc(-c2n[nH]c(=S)n2N/N=C\c2ccc(-c3ccccc3)cc2)cc1. The average Bonchev–Trinajstić information content (AvgIpc) is 3.16. The molecule has 1 aromatic heterocycles. The first-order valence-corrected chi connectivity index (χ1v) is 10.0. The molecule has 1 heterocycles. The minimum atomic E-state index is 0.426. The number of rotatable bonds is 7. The summed E-state index contributed by atoms with van der Waals surface area (Å²) in [7, 11) is 0. The third-order valence-corrected chi connectivity index (χ3v) is 4.76. The first kappa shape index (κ1) is 19.6. The summed E-state index contributed by atoms with van der Waals surface area (Å²) in [6.07, 6.45) is 1.74. The van der Waals surface area contributed by atoms with Gasteiger partial charge in [0.15, 0.2) is 5.82 Å². The standard InChI is InChI=1S/C23H21N5OS/c1-2-29-21-14-12-20(13-15-21)22-25-26-23(30)28(22)27-24-16-17-8-10-19(11-9-17)18-6-4-3-5-7-18/h3-16,27H,2H2,1H3,(H,26,30)/b24-16-. The van der Waals surface area contributed by atoms with Crippen molar-refractivity contribution in [3.8, 4) is 28.3 Å². The summed E-state index contributed by atoms with van der Waals surface area (Å²) in [6.45, 7) is 2.58. The summed E-state index contributed by atoms with van der Waals surface area (Å²) in [5.74, 6) is 1.45. The van der Waals surface area contributed by atoms with Gasteiger partial charge in [-0.15, -0.1) is 0 Å². The van der Waals surface area contributed by atoms with Gasteiger partial charge in [0.05, 0.1) is 12.8 Å². The number of benzene rings is 3. The summed E-state index contributed by atoms with van der Waals surface area (Å²) < 4.78 is 7.54. The molecule has 4 rings (SSSR count). The predicted molar refractivity (Wildman–Crippen MR) is 123 cm³/mol. The van der Waals surface area contributed by atoms with Crippen LogP contribution in [0.1, 0.15) is 12.5 Å². The van der Waals surface area contributed by atoms with E-state index in [1.54, 1.807) is 10.9 Å². The Morgan fingerprint density at radius 2 is 1.63 bits per heavy atom. The highest BCUT2D eigenvalue weighted by Gasteiger charge is 2.08. The second kappa shape index (κ2) is 9.19. The van der Waals surface area contributed by atoms with Gasteiger partial charge in [0.2, 0.25) is 4.77 Å². The molecule has 4 aromatic rings. The van der Waals surface area contributed by atoms with Crippen LogP contribution in [0.4, 0.5) is 0 Å². The van der Waals surface area contributed by atoms with Gasteiger partial charge < -0.3 is 4.74 Å². The molecule has 7 heteroatoms. The van der Waals surface area contributed by atoms with Crippen LogP contribution in [0.25, 0.3) is 22.5 Å². The number of hydrogen-bond acceptors (Lipinski definition) is 5. The Morgan fingerprint density at radius 3 is 2.33 bits per heavy atom. The summed E-state index contributed by atoms with van der Waals surface area (Å²) in [5.41, 5.74) is 7.16. The van der Waals surface area contributed by atoms with Crippen molar-refractivity contribution < 1.29 is 4.74 Å². The fraction of sp³-hybridized carbons (Fsp3) is 0.0870. The van der Waals surface area contributed by atoms with E-state index in [1.165, 1.54) is 5.56 Å². The molecule has 0 spiro atoms. The molecular formula is C23H21N5OS. The molecule has 0 aliphatic carbocycles. The molecule has 2 N–H and O–H groups in total. The summed E-state index contributed by atoms with van der Waals surface area (Å²) in [4.78, 5) is 0. The molecule has 0 atom stereocenters. The Labute approximate surface area is 179 Å². The number of H-pyrrole nitrogens is 1. The highest BCUT2D eigenvalue weighted by molar-refractivity contribution is 7.71. The smallest absolute Gasteiger partial charge is 0.216 e. The minimum absolute atomic E-state index is 0.426. The molecule has 0 aliphatic rings. The topological polar surface area (TPSA) is 67.2 Å². The molecule has 0 unspecified atom stereocenters. The fourth-order valence-corrected chi connectivity index (χ4v) is 3.18. The van der Waals surface area contributed by atoms with Crippen LogP contribution in [0.15, 0.2) is 84.0 Å². The molecule has 30 heavy (non-hydrogen) atoms. The molecule has 0 aliphatic heterocycles. The molecule has 3 aromatic carbocycles. The van der Waals surface area contributed by atoms with E-state index < -0.39 is 0 Å². The molecule has 0 radical (unpaired) electrons. The monoisotopic (exact) mass is 415 g/mol. The average molecular weight is 416 g/mol. The highest BCUT2D eigenvalue weighted by atomic mass is 32.1. The van der Waals surface area contributed by atoms with Crippen molar-refractivity contribution in [1.29, 1.82) is 0 Å². The molecule has 0 amide bonds. The minimum Gasteiger partial charge on any atom is -0.494 e. The number of nitrogens with one attached hydrogen (secondary N) is 2. The van der Waals surface area contributed by atoms with E-state index in [0.717, 1.165) is 22.4 Å². The van der Waals surface area contributed by atoms with Crippen molar-refractivity contribution in [2.45, 2.75) is 6.92 Å². The number of hydrogen-bond donors (Lipinski definition) is 2. The van der Waals surface area contributed by atoms with Crippen LogP contribution in [0.5, 0.6) is 5.75 Å². The van der Waals surface area contributed by atoms with E-state index in [-0.39, 0.29) is 0 Å². The lowest BCUT2D eigenvalue weighted by Crippen LogP contribution is -2.10. The molecule has 6 nitrogen and oxygen atoms in total. The summed E-state index contributed by atoms with van der Waals surface area (Å²) >= 11 is 5.33. The van der Waals surface area contributed by atoms with Crippen molar-refractivity contribution in [2.75, 3.05) is 12.1 Å². The van der Waals surface area contributed by atoms with Crippen molar-refractivity contribution in [3.05, 3.63) is 89.2 Å². The van der Waals surface area contributed by atoms with Crippen molar-refractivity contribution in [3.63, 3.8) is 0 Å². The van der Waals surface area contributed by atoms with Gasteiger partial charge in [-0.25, -0.2) is 10.6 Å². The van der Waals surface area contributed by atoms with Crippen LogP contribution in [0, 0.1) is 4.77 Å². The Balaban J connectivity index is 1.48. The van der Waals surface area contributed by atoms with Gasteiger partial charge in [0, 0.05) is 5.56 Å². The van der Waals surface area contributed by atoms with Crippen LogP contribution >= 0.6 is 12.2 Å². The third kappa shape index (κ3) is 4.47. The van der Waals surface area contributed by atoms with E-state index >= 15 is 0 Å². The van der Waals surface area contributed by atoms with Gasteiger partial charge in [0.1, 0.15) is 5.75 Å². The molecule has 0 saturated heterocycles. The number of ether oxygens (including phenoxy) is 1. The quantitative estimate of drug-likeness (QED) is 0.246. The lowest BCUT2D eigenvalue weighted by atomic mass is 10.0. The van der Waals surface area contributed by atoms with Crippen molar-refractivity contribution >= 4 is 18.4 Å². The van der Waals surface area contributed by atoms with E-state index in [0.29, 0.717) is 17.2 Å². The first-order chi connectivity index (χ1) is 14.7. The summed E-state index contributed by atoms with van der Waals surface area (Å²) in [5, 5.41) is 11.4.